The van der Waals surface area contributed by atoms with E-state index in [9.17, 15) is 17.6 Å². The molecule has 2 aromatic heterocycles. The van der Waals surface area contributed by atoms with Crippen molar-refractivity contribution in [1.29, 1.82) is 0 Å². The van der Waals surface area contributed by atoms with Crippen LogP contribution >= 0.6 is 15.9 Å². The molecule has 22 heavy (non-hydrogen) atoms. The van der Waals surface area contributed by atoms with Crippen molar-refractivity contribution in [2.45, 2.75) is 12.7 Å². The molecule has 3 rings (SSSR count). The van der Waals surface area contributed by atoms with Gasteiger partial charge in [0, 0.05) is 37.9 Å². The van der Waals surface area contributed by atoms with E-state index in [-0.39, 0.29) is 11.7 Å². The Morgan fingerprint density at radius 1 is 1.27 bits per heavy atom. The first-order valence-electron chi connectivity index (χ1n) is 6.48. The van der Waals surface area contributed by atoms with E-state index in [1.165, 1.54) is 0 Å². The number of pyridine rings is 1. The average molecular weight is 379 g/mol. The van der Waals surface area contributed by atoms with Crippen LogP contribution in [0.1, 0.15) is 5.56 Å². The highest BCUT2D eigenvalue weighted by molar-refractivity contribution is 9.10. The van der Waals surface area contributed by atoms with Gasteiger partial charge in [-0.25, -0.2) is 9.37 Å². The van der Waals surface area contributed by atoms with Crippen LogP contribution in [-0.4, -0.2) is 27.9 Å². The molecule has 0 bridgehead atoms. The van der Waals surface area contributed by atoms with Crippen molar-refractivity contribution in [3.8, 4) is 0 Å². The second-order valence-electron chi connectivity index (χ2n) is 5.18. The standard InChI is InChI=1S/C13H11BrF4N4/c14-10-3-20-22(7-10)6-8-4-21(5-8)12-11(15)1-9(2-19-12)13(16,17)18/h1-3,7-8H,4-6H2. The maximum absolute atomic E-state index is 13.8. The quantitative estimate of drug-likeness (QED) is 0.768. The largest absolute Gasteiger partial charge is 0.417 e. The number of anilines is 1. The highest BCUT2D eigenvalue weighted by atomic mass is 79.9. The Morgan fingerprint density at radius 2 is 2.00 bits per heavy atom. The Labute approximate surface area is 131 Å². The van der Waals surface area contributed by atoms with E-state index >= 15 is 0 Å². The lowest BCUT2D eigenvalue weighted by Gasteiger charge is -2.40. The Balaban J connectivity index is 1.63. The summed E-state index contributed by atoms with van der Waals surface area (Å²) >= 11 is 3.30. The fraction of sp³-hybridized carbons (Fsp3) is 0.385. The first-order chi connectivity index (χ1) is 10.3. The van der Waals surface area contributed by atoms with Gasteiger partial charge < -0.3 is 4.90 Å². The van der Waals surface area contributed by atoms with Gasteiger partial charge in [-0.3, -0.25) is 4.68 Å². The van der Waals surface area contributed by atoms with Crippen molar-refractivity contribution in [3.63, 3.8) is 0 Å². The van der Waals surface area contributed by atoms with Gasteiger partial charge in [0.2, 0.25) is 0 Å². The van der Waals surface area contributed by atoms with E-state index < -0.39 is 17.6 Å². The molecule has 1 aliphatic heterocycles. The number of alkyl halides is 3. The van der Waals surface area contributed by atoms with Crippen LogP contribution in [0.25, 0.3) is 0 Å². The van der Waals surface area contributed by atoms with Crippen LogP contribution in [0, 0.1) is 11.7 Å². The van der Waals surface area contributed by atoms with Crippen LogP contribution in [0.5, 0.6) is 0 Å². The van der Waals surface area contributed by atoms with E-state index in [2.05, 4.69) is 26.0 Å². The van der Waals surface area contributed by atoms with Crippen molar-refractivity contribution in [3.05, 3.63) is 40.5 Å². The molecule has 0 saturated carbocycles. The summed E-state index contributed by atoms with van der Waals surface area (Å²) in [4.78, 5) is 5.24. The lowest BCUT2D eigenvalue weighted by Crippen LogP contribution is -2.49. The van der Waals surface area contributed by atoms with Gasteiger partial charge in [-0.2, -0.15) is 18.3 Å². The van der Waals surface area contributed by atoms with E-state index in [1.54, 1.807) is 15.8 Å². The van der Waals surface area contributed by atoms with Crippen LogP contribution in [0.15, 0.2) is 29.1 Å². The molecule has 0 aromatic carbocycles. The van der Waals surface area contributed by atoms with Crippen molar-refractivity contribution in [2.24, 2.45) is 5.92 Å². The molecule has 0 aliphatic carbocycles. The van der Waals surface area contributed by atoms with Gasteiger partial charge in [-0.15, -0.1) is 0 Å². The van der Waals surface area contributed by atoms with Crippen molar-refractivity contribution < 1.29 is 17.6 Å². The van der Waals surface area contributed by atoms with Crippen LogP contribution < -0.4 is 4.90 Å². The van der Waals surface area contributed by atoms with Gasteiger partial charge in [0.1, 0.15) is 0 Å². The molecule has 1 aliphatic rings. The Hall–Kier alpha value is -1.64. The SMILES string of the molecule is Fc1cc(C(F)(F)F)cnc1N1CC(Cn2cc(Br)cn2)C1. The summed E-state index contributed by atoms with van der Waals surface area (Å²) in [5.41, 5.74) is -1.08. The molecule has 0 radical (unpaired) electrons. The second-order valence-corrected chi connectivity index (χ2v) is 6.09. The smallest absolute Gasteiger partial charge is 0.353 e. The molecule has 2 aromatic rings. The molecule has 9 heteroatoms. The lowest BCUT2D eigenvalue weighted by atomic mass is 10.00. The Bertz CT molecular complexity index is 679. The lowest BCUT2D eigenvalue weighted by molar-refractivity contribution is -0.138. The third-order valence-electron chi connectivity index (χ3n) is 3.45. The monoisotopic (exact) mass is 378 g/mol. The van der Waals surface area contributed by atoms with Gasteiger partial charge in [0.15, 0.2) is 11.6 Å². The minimum Gasteiger partial charge on any atom is -0.353 e. The maximum atomic E-state index is 13.8. The second kappa shape index (κ2) is 5.53. The third kappa shape index (κ3) is 3.08. The first kappa shape index (κ1) is 15.3. The van der Waals surface area contributed by atoms with E-state index in [1.807, 2.05) is 6.20 Å². The van der Waals surface area contributed by atoms with Crippen molar-refractivity contribution in [1.82, 2.24) is 14.8 Å². The fourth-order valence-corrected chi connectivity index (χ4v) is 2.71. The molecule has 0 atom stereocenters. The molecule has 0 unspecified atom stereocenters. The third-order valence-corrected chi connectivity index (χ3v) is 3.86. The molecule has 4 nitrogen and oxygen atoms in total. The Morgan fingerprint density at radius 3 is 2.55 bits per heavy atom. The molecule has 0 spiro atoms. The summed E-state index contributed by atoms with van der Waals surface area (Å²) in [6.07, 6.45) is -0.416. The maximum Gasteiger partial charge on any atom is 0.417 e. The molecular formula is C13H11BrF4N4. The van der Waals surface area contributed by atoms with Crippen LogP contribution in [0.3, 0.4) is 0 Å². The number of nitrogens with zero attached hydrogens (tertiary/aromatic N) is 4. The molecule has 1 saturated heterocycles. The average Bonchev–Trinajstić information content (AvgIpc) is 2.78. The summed E-state index contributed by atoms with van der Waals surface area (Å²) in [5, 5.41) is 4.13. The highest BCUT2D eigenvalue weighted by Gasteiger charge is 2.34. The Kier molecular flexibility index (Phi) is 3.84. The van der Waals surface area contributed by atoms with Gasteiger partial charge in [0.05, 0.1) is 16.2 Å². The number of hydrogen-bond donors (Lipinski definition) is 0. The fourth-order valence-electron chi connectivity index (χ4n) is 2.38. The van der Waals surface area contributed by atoms with Crippen LogP contribution in [-0.2, 0) is 12.7 Å². The van der Waals surface area contributed by atoms with Gasteiger partial charge >= 0.3 is 6.18 Å². The molecule has 0 amide bonds. The molecule has 118 valence electrons. The summed E-state index contributed by atoms with van der Waals surface area (Å²) in [6.45, 7) is 1.74. The van der Waals surface area contributed by atoms with Crippen molar-refractivity contribution in [2.75, 3.05) is 18.0 Å². The number of rotatable bonds is 3. The molecule has 0 N–H and O–H groups in total. The van der Waals surface area contributed by atoms with Crippen molar-refractivity contribution >= 4 is 21.7 Å². The summed E-state index contributed by atoms with van der Waals surface area (Å²) < 4.78 is 53.8. The summed E-state index contributed by atoms with van der Waals surface area (Å²) in [5.74, 6) is -0.726. The van der Waals surface area contributed by atoms with Gasteiger partial charge in [-0.05, 0) is 22.0 Å². The minimum absolute atomic E-state index is 0.0362. The predicted molar refractivity (Wildman–Crippen MR) is 74.8 cm³/mol. The zero-order valence-corrected chi connectivity index (χ0v) is 12.8. The van der Waals surface area contributed by atoms with E-state index in [0.29, 0.717) is 31.9 Å². The number of hydrogen-bond acceptors (Lipinski definition) is 3. The number of halogens is 5. The molecule has 1 fully saturated rings. The highest BCUT2D eigenvalue weighted by Crippen LogP contribution is 2.32. The normalized spacial score (nSPS) is 16.0. The van der Waals surface area contributed by atoms with Gasteiger partial charge in [0.25, 0.3) is 0 Å². The molecule has 3 heterocycles. The topological polar surface area (TPSA) is 34.0 Å². The number of aromatic nitrogens is 3. The van der Waals surface area contributed by atoms with E-state index in [0.717, 1.165) is 4.47 Å². The van der Waals surface area contributed by atoms with E-state index in [4.69, 9.17) is 0 Å². The zero-order chi connectivity index (χ0) is 15.9. The van der Waals surface area contributed by atoms with Crippen LogP contribution in [0.4, 0.5) is 23.4 Å². The summed E-state index contributed by atoms with van der Waals surface area (Å²) in [6, 6.07) is 0.486. The zero-order valence-electron chi connectivity index (χ0n) is 11.2. The first-order valence-corrected chi connectivity index (χ1v) is 7.28. The predicted octanol–water partition coefficient (Wildman–Crippen LogP) is 3.33. The minimum atomic E-state index is -4.59. The van der Waals surface area contributed by atoms with Gasteiger partial charge in [-0.1, -0.05) is 0 Å². The summed E-state index contributed by atoms with van der Waals surface area (Å²) in [7, 11) is 0. The molecular weight excluding hydrogens is 368 g/mol. The van der Waals surface area contributed by atoms with Crippen LogP contribution in [0.2, 0.25) is 0 Å².